The van der Waals surface area contributed by atoms with Gasteiger partial charge in [-0.1, -0.05) is 6.07 Å². The third kappa shape index (κ3) is 3.56. The summed E-state index contributed by atoms with van der Waals surface area (Å²) in [6, 6.07) is 5.66. The number of benzene rings is 1. The van der Waals surface area contributed by atoms with Crippen molar-refractivity contribution in [2.24, 2.45) is 7.05 Å². The van der Waals surface area contributed by atoms with Gasteiger partial charge in [0.25, 0.3) is 0 Å². The Morgan fingerprint density at radius 2 is 2.15 bits per heavy atom. The second-order valence-corrected chi connectivity index (χ2v) is 7.98. The van der Waals surface area contributed by atoms with Crippen molar-refractivity contribution in [1.29, 1.82) is 5.26 Å². The molecule has 0 spiro atoms. The van der Waals surface area contributed by atoms with Gasteiger partial charge in [-0.15, -0.1) is 0 Å². The lowest BCUT2D eigenvalue weighted by Gasteiger charge is -2.32. The van der Waals surface area contributed by atoms with Crippen molar-refractivity contribution in [1.82, 2.24) is 14.5 Å². The Balaban J connectivity index is 1.89. The fourth-order valence-corrected chi connectivity index (χ4v) is 4.54. The summed E-state index contributed by atoms with van der Waals surface area (Å²) in [4.78, 5) is 13.8. The smallest absolute Gasteiger partial charge is 0.246 e. The number of rotatable bonds is 4. The second-order valence-electron chi connectivity index (χ2n) is 6.30. The van der Waals surface area contributed by atoms with Crippen LogP contribution in [0.2, 0.25) is 0 Å². The molecule has 1 saturated heterocycles. The van der Waals surface area contributed by atoms with E-state index in [4.69, 9.17) is 5.26 Å². The molecule has 1 amide bonds. The molecule has 8 nitrogen and oxygen atoms in total. The number of carbonyl (C=O) groups is 1. The Labute approximate surface area is 156 Å². The van der Waals surface area contributed by atoms with Crippen molar-refractivity contribution in [3.8, 4) is 6.07 Å². The van der Waals surface area contributed by atoms with E-state index in [1.54, 1.807) is 30.8 Å². The van der Waals surface area contributed by atoms with Gasteiger partial charge in [-0.3, -0.25) is 14.4 Å². The molecule has 1 fully saturated rings. The van der Waals surface area contributed by atoms with Crippen molar-refractivity contribution < 1.29 is 17.6 Å². The maximum absolute atomic E-state index is 13.8. The number of carbonyl (C=O) groups excluding carboxylic acids is 1. The molecule has 2 heterocycles. The number of nitriles is 1. The van der Waals surface area contributed by atoms with Crippen molar-refractivity contribution in [2.75, 3.05) is 11.4 Å². The molecule has 1 aliphatic heterocycles. The number of anilines is 1. The number of hydrogen-bond acceptors (Lipinski definition) is 5. The maximum atomic E-state index is 13.8. The lowest BCUT2D eigenvalue weighted by molar-refractivity contribution is -0.121. The minimum atomic E-state index is -4.25. The molecule has 0 radical (unpaired) electrons. The highest BCUT2D eigenvalue weighted by molar-refractivity contribution is 7.89. The first-order chi connectivity index (χ1) is 12.7. The Morgan fingerprint density at radius 3 is 2.78 bits per heavy atom. The van der Waals surface area contributed by atoms with E-state index in [1.165, 1.54) is 11.0 Å². The topological polar surface area (TPSA) is 108 Å². The van der Waals surface area contributed by atoms with Gasteiger partial charge in [0.1, 0.15) is 34.2 Å². The molecule has 1 N–H and O–H groups in total. The molecular weight excluding hydrogens is 373 g/mol. The molecular formula is C17H18FN5O3S. The summed E-state index contributed by atoms with van der Waals surface area (Å²) in [7, 11) is -2.55. The lowest BCUT2D eigenvalue weighted by atomic mass is 10.1. The zero-order valence-electron chi connectivity index (χ0n) is 14.8. The van der Waals surface area contributed by atoms with Crippen molar-refractivity contribution in [3.05, 3.63) is 41.3 Å². The van der Waals surface area contributed by atoms with Crippen LogP contribution in [-0.4, -0.2) is 36.7 Å². The van der Waals surface area contributed by atoms with E-state index in [0.29, 0.717) is 25.2 Å². The van der Waals surface area contributed by atoms with Gasteiger partial charge in [0.2, 0.25) is 15.9 Å². The molecule has 0 saturated carbocycles. The first kappa shape index (κ1) is 19.0. The van der Waals surface area contributed by atoms with Crippen molar-refractivity contribution in [3.63, 3.8) is 0 Å². The van der Waals surface area contributed by atoms with Gasteiger partial charge in [-0.2, -0.15) is 15.1 Å². The van der Waals surface area contributed by atoms with Gasteiger partial charge in [-0.25, -0.2) is 12.8 Å². The van der Waals surface area contributed by atoms with Crippen LogP contribution < -0.4 is 9.62 Å². The number of nitrogens with one attached hydrogen (secondary N) is 1. The normalized spacial score (nSPS) is 17.8. The SMILES string of the molecule is Cc1cc(N2CCCC(NS(=O)(=O)c3cccc(F)c3C#N)C2=O)n(C)n1. The van der Waals surface area contributed by atoms with Crippen LogP contribution in [-0.2, 0) is 21.9 Å². The minimum absolute atomic E-state index is 0.308. The summed E-state index contributed by atoms with van der Waals surface area (Å²) >= 11 is 0. The quantitative estimate of drug-likeness (QED) is 0.843. The summed E-state index contributed by atoms with van der Waals surface area (Å²) in [6.07, 6.45) is 0.889. The van der Waals surface area contributed by atoms with Crippen LogP contribution in [0, 0.1) is 24.1 Å². The number of aromatic nitrogens is 2. The van der Waals surface area contributed by atoms with Gasteiger partial charge in [0, 0.05) is 19.7 Å². The molecule has 1 atom stereocenters. The van der Waals surface area contributed by atoms with Crippen LogP contribution in [0.5, 0.6) is 0 Å². The fraction of sp³-hybridized carbons (Fsp3) is 0.353. The summed E-state index contributed by atoms with van der Waals surface area (Å²) in [5, 5.41) is 13.3. The zero-order chi connectivity index (χ0) is 19.8. The van der Waals surface area contributed by atoms with E-state index in [2.05, 4.69) is 9.82 Å². The number of sulfonamides is 1. The Bertz CT molecular complexity index is 1040. The maximum Gasteiger partial charge on any atom is 0.246 e. The van der Waals surface area contributed by atoms with Crippen LogP contribution in [0.1, 0.15) is 24.1 Å². The molecule has 27 heavy (non-hydrogen) atoms. The molecule has 2 aromatic rings. The zero-order valence-corrected chi connectivity index (χ0v) is 15.6. The number of hydrogen-bond donors (Lipinski definition) is 1. The average molecular weight is 391 g/mol. The van der Waals surface area contributed by atoms with E-state index in [1.807, 2.05) is 0 Å². The van der Waals surface area contributed by atoms with Gasteiger partial charge in [0.05, 0.1) is 5.69 Å². The Morgan fingerprint density at radius 1 is 1.41 bits per heavy atom. The average Bonchev–Trinajstić information content (AvgIpc) is 2.94. The lowest BCUT2D eigenvalue weighted by Crippen LogP contribution is -2.52. The molecule has 10 heteroatoms. The highest BCUT2D eigenvalue weighted by atomic mass is 32.2. The summed E-state index contributed by atoms with van der Waals surface area (Å²) in [6.45, 7) is 2.24. The van der Waals surface area contributed by atoms with Crippen LogP contribution in [0.4, 0.5) is 10.2 Å². The number of amides is 1. The molecule has 1 aliphatic rings. The Hall–Kier alpha value is -2.77. The predicted octanol–water partition coefficient (Wildman–Crippen LogP) is 1.21. The molecule has 0 bridgehead atoms. The van der Waals surface area contributed by atoms with Gasteiger partial charge >= 0.3 is 0 Å². The number of halogens is 1. The third-order valence-electron chi connectivity index (χ3n) is 4.37. The van der Waals surface area contributed by atoms with Gasteiger partial charge < -0.3 is 0 Å². The van der Waals surface area contributed by atoms with Crippen LogP contribution >= 0.6 is 0 Å². The fourth-order valence-electron chi connectivity index (χ4n) is 3.15. The highest BCUT2D eigenvalue weighted by Gasteiger charge is 2.35. The van der Waals surface area contributed by atoms with E-state index in [0.717, 1.165) is 17.8 Å². The van der Waals surface area contributed by atoms with Crippen molar-refractivity contribution in [2.45, 2.75) is 30.7 Å². The van der Waals surface area contributed by atoms with Gasteiger partial charge in [0.15, 0.2) is 0 Å². The third-order valence-corrected chi connectivity index (χ3v) is 5.88. The van der Waals surface area contributed by atoms with Crippen molar-refractivity contribution >= 4 is 21.7 Å². The van der Waals surface area contributed by atoms with E-state index >= 15 is 0 Å². The Kier molecular flexibility index (Phi) is 4.99. The van der Waals surface area contributed by atoms with Crippen LogP contribution in [0.25, 0.3) is 0 Å². The molecule has 3 rings (SSSR count). The molecule has 1 unspecified atom stereocenters. The summed E-state index contributed by atoms with van der Waals surface area (Å²) in [5.41, 5.74) is 0.161. The van der Waals surface area contributed by atoms with Crippen LogP contribution in [0.3, 0.4) is 0 Å². The predicted molar refractivity (Wildman–Crippen MR) is 94.8 cm³/mol. The second kappa shape index (κ2) is 7.09. The van der Waals surface area contributed by atoms with Gasteiger partial charge in [-0.05, 0) is 31.9 Å². The first-order valence-electron chi connectivity index (χ1n) is 8.27. The minimum Gasteiger partial charge on any atom is -0.296 e. The molecule has 0 aliphatic carbocycles. The molecule has 1 aromatic heterocycles. The monoisotopic (exact) mass is 391 g/mol. The number of nitrogens with zero attached hydrogens (tertiary/aromatic N) is 4. The first-order valence-corrected chi connectivity index (χ1v) is 9.76. The molecule has 142 valence electrons. The van der Waals surface area contributed by atoms with E-state index < -0.39 is 38.2 Å². The van der Waals surface area contributed by atoms with E-state index in [9.17, 15) is 17.6 Å². The molecule has 1 aromatic carbocycles. The standard InChI is InChI=1S/C17H18FN5O3S/c1-11-9-16(22(2)20-11)23-8-4-6-14(17(23)24)21-27(25,26)15-7-3-5-13(18)12(15)10-19/h3,5,7,9,14,21H,4,6,8H2,1-2H3. The summed E-state index contributed by atoms with van der Waals surface area (Å²) in [5.74, 6) is -0.769. The number of aryl methyl sites for hydroxylation is 2. The largest absolute Gasteiger partial charge is 0.296 e. The number of piperidine rings is 1. The van der Waals surface area contributed by atoms with Crippen LogP contribution in [0.15, 0.2) is 29.2 Å². The highest BCUT2D eigenvalue weighted by Crippen LogP contribution is 2.24. The van der Waals surface area contributed by atoms with E-state index in [-0.39, 0.29) is 0 Å². The summed E-state index contributed by atoms with van der Waals surface area (Å²) < 4.78 is 43.0.